The number of aliphatic carboxylic acids is 1. The van der Waals surface area contributed by atoms with E-state index < -0.39 is 60.2 Å². The number of alkyl carbamates (subject to hydrolysis) is 1. The Kier molecular flexibility index (Phi) is 11.1. The Bertz CT molecular complexity index is 1300. The topological polar surface area (TPSA) is 161 Å². The predicted octanol–water partition coefficient (Wildman–Crippen LogP) is 3.08. The van der Waals surface area contributed by atoms with Crippen LogP contribution in [0, 0.1) is 0 Å². The number of fused-ring (bicyclic) bond motifs is 3. The second-order valence-corrected chi connectivity index (χ2v) is 12.5. The molecule has 0 bridgehead atoms. The van der Waals surface area contributed by atoms with Crippen LogP contribution < -0.4 is 10.6 Å². The number of ether oxygens (including phenoxy) is 3. The van der Waals surface area contributed by atoms with Crippen molar-refractivity contribution in [3.05, 3.63) is 59.7 Å². The Balaban J connectivity index is 1.56. The van der Waals surface area contributed by atoms with Crippen LogP contribution in [0.2, 0.25) is 0 Å². The minimum absolute atomic E-state index is 0.0111. The van der Waals surface area contributed by atoms with E-state index in [-0.39, 0.29) is 25.6 Å². The zero-order chi connectivity index (χ0) is 32.7. The van der Waals surface area contributed by atoms with Gasteiger partial charge in [0.2, 0.25) is 5.91 Å². The summed E-state index contributed by atoms with van der Waals surface area (Å²) in [5, 5.41) is 14.4. The zero-order valence-corrected chi connectivity index (χ0v) is 26.0. The first-order valence-electron chi connectivity index (χ1n) is 14.3. The van der Waals surface area contributed by atoms with Crippen LogP contribution in [-0.4, -0.2) is 89.9 Å². The van der Waals surface area contributed by atoms with Crippen molar-refractivity contribution in [1.82, 2.24) is 15.5 Å². The maximum atomic E-state index is 12.7. The van der Waals surface area contributed by atoms with Crippen molar-refractivity contribution in [2.75, 3.05) is 32.8 Å². The van der Waals surface area contributed by atoms with Gasteiger partial charge >= 0.3 is 24.0 Å². The Morgan fingerprint density at radius 1 is 0.795 bits per heavy atom. The third-order valence-electron chi connectivity index (χ3n) is 6.35. The average Bonchev–Trinajstić information content (AvgIpc) is 3.21. The summed E-state index contributed by atoms with van der Waals surface area (Å²) in [4.78, 5) is 63.2. The van der Waals surface area contributed by atoms with Crippen LogP contribution in [0.15, 0.2) is 48.5 Å². The molecule has 2 amide bonds. The summed E-state index contributed by atoms with van der Waals surface area (Å²) in [5.74, 6) is -3.60. The fourth-order valence-corrected chi connectivity index (χ4v) is 4.74. The second kappa shape index (κ2) is 14.3. The van der Waals surface area contributed by atoms with E-state index in [4.69, 9.17) is 14.2 Å². The quantitative estimate of drug-likeness (QED) is 0.240. The lowest BCUT2D eigenvalue weighted by Gasteiger charge is -2.26. The molecule has 0 fully saturated rings. The molecule has 12 nitrogen and oxygen atoms in total. The van der Waals surface area contributed by atoms with Crippen molar-refractivity contribution < 1.29 is 43.3 Å². The van der Waals surface area contributed by atoms with Gasteiger partial charge in [0, 0.05) is 12.5 Å². The molecule has 1 aliphatic rings. The first-order valence-corrected chi connectivity index (χ1v) is 14.3. The van der Waals surface area contributed by atoms with E-state index >= 15 is 0 Å². The van der Waals surface area contributed by atoms with Crippen LogP contribution >= 0.6 is 0 Å². The summed E-state index contributed by atoms with van der Waals surface area (Å²) >= 11 is 0. The molecule has 12 heteroatoms. The molecule has 3 N–H and O–H groups in total. The molecular weight excluding hydrogens is 570 g/mol. The minimum atomic E-state index is -1.50. The maximum Gasteiger partial charge on any atom is 0.407 e. The zero-order valence-electron chi connectivity index (χ0n) is 26.0. The monoisotopic (exact) mass is 611 g/mol. The normalized spacial score (nSPS) is 13.3. The van der Waals surface area contributed by atoms with Crippen LogP contribution in [-0.2, 0) is 33.4 Å². The van der Waals surface area contributed by atoms with Gasteiger partial charge < -0.3 is 30.0 Å². The molecule has 0 radical (unpaired) electrons. The van der Waals surface area contributed by atoms with Crippen molar-refractivity contribution in [1.29, 1.82) is 0 Å². The van der Waals surface area contributed by atoms with Gasteiger partial charge in [0.15, 0.2) is 0 Å². The molecule has 238 valence electrons. The molecule has 0 heterocycles. The molecule has 0 aromatic heterocycles. The fourth-order valence-electron chi connectivity index (χ4n) is 4.74. The third kappa shape index (κ3) is 10.4. The van der Waals surface area contributed by atoms with E-state index in [0.717, 1.165) is 22.3 Å². The number of esters is 2. The number of nitrogens with one attached hydrogen (secondary N) is 2. The van der Waals surface area contributed by atoms with Crippen LogP contribution in [0.5, 0.6) is 0 Å². The van der Waals surface area contributed by atoms with E-state index in [1.165, 1.54) is 4.90 Å². The van der Waals surface area contributed by atoms with Crippen molar-refractivity contribution in [3.8, 4) is 11.1 Å². The SMILES string of the molecule is CC(C)(C)OC(=O)CN(CC(=O)NCC(NC(=O)OCC1c2ccccc2-c2ccccc21)C(=O)O)CC(=O)OC(C)(C)C. The predicted molar refractivity (Wildman–Crippen MR) is 161 cm³/mol. The van der Waals surface area contributed by atoms with Gasteiger partial charge in [-0.2, -0.15) is 0 Å². The molecule has 44 heavy (non-hydrogen) atoms. The molecule has 1 unspecified atom stereocenters. The van der Waals surface area contributed by atoms with E-state index in [9.17, 15) is 29.1 Å². The Morgan fingerprint density at radius 3 is 1.73 bits per heavy atom. The van der Waals surface area contributed by atoms with E-state index in [0.29, 0.717) is 0 Å². The highest BCUT2D eigenvalue weighted by Crippen LogP contribution is 2.44. The van der Waals surface area contributed by atoms with Crippen molar-refractivity contribution in [2.45, 2.75) is 64.7 Å². The van der Waals surface area contributed by atoms with Crippen molar-refractivity contribution in [3.63, 3.8) is 0 Å². The number of hydrogen-bond acceptors (Lipinski definition) is 9. The minimum Gasteiger partial charge on any atom is -0.480 e. The first-order chi connectivity index (χ1) is 20.5. The number of amides is 2. The highest BCUT2D eigenvalue weighted by molar-refractivity contribution is 5.84. The molecule has 0 aliphatic heterocycles. The molecule has 0 saturated heterocycles. The molecule has 3 rings (SSSR count). The lowest BCUT2D eigenvalue weighted by Crippen LogP contribution is -2.51. The number of carboxylic acids is 1. The first kappa shape index (κ1) is 34.0. The largest absolute Gasteiger partial charge is 0.480 e. The second-order valence-electron chi connectivity index (χ2n) is 12.5. The molecule has 1 atom stereocenters. The van der Waals surface area contributed by atoms with Gasteiger partial charge in [-0.25, -0.2) is 9.59 Å². The van der Waals surface area contributed by atoms with E-state index in [2.05, 4.69) is 10.6 Å². The number of rotatable bonds is 12. The van der Waals surface area contributed by atoms with Crippen molar-refractivity contribution in [2.24, 2.45) is 0 Å². The van der Waals surface area contributed by atoms with Crippen LogP contribution in [0.25, 0.3) is 11.1 Å². The third-order valence-corrected chi connectivity index (χ3v) is 6.35. The average molecular weight is 612 g/mol. The molecule has 2 aromatic carbocycles. The summed E-state index contributed by atoms with van der Waals surface area (Å²) in [7, 11) is 0. The smallest absolute Gasteiger partial charge is 0.407 e. The standard InChI is InChI=1S/C32H41N3O9/c1-31(2,3)43-27(37)17-35(18-28(38)44-32(4,5)6)16-26(36)33-15-25(29(39)40)34-30(41)42-19-24-22-13-9-7-11-20(22)21-12-8-10-14-23(21)24/h7-14,24-25H,15-19H2,1-6H3,(H,33,36)(H,34,41)(H,39,40). The van der Waals surface area contributed by atoms with Crippen LogP contribution in [0.1, 0.15) is 58.6 Å². The van der Waals surface area contributed by atoms with Gasteiger partial charge in [-0.05, 0) is 63.8 Å². The fraction of sp³-hybridized carbons (Fsp3) is 0.469. The number of hydrogen-bond donors (Lipinski definition) is 3. The highest BCUT2D eigenvalue weighted by atomic mass is 16.6. The summed E-state index contributed by atoms with van der Waals surface area (Å²) in [5.41, 5.74) is 2.55. The highest BCUT2D eigenvalue weighted by Gasteiger charge is 2.30. The van der Waals surface area contributed by atoms with Gasteiger partial charge in [0.05, 0.1) is 19.6 Å². The number of carboxylic acid groups (broad SMARTS) is 1. The number of carbonyl (C=O) groups excluding carboxylic acids is 4. The lowest BCUT2D eigenvalue weighted by molar-refractivity contribution is -0.160. The summed E-state index contributed by atoms with van der Waals surface area (Å²) in [6.07, 6.45) is -0.954. The van der Waals surface area contributed by atoms with Gasteiger partial charge in [-0.1, -0.05) is 48.5 Å². The summed E-state index contributed by atoms with van der Waals surface area (Å²) < 4.78 is 16.0. The van der Waals surface area contributed by atoms with Gasteiger partial charge in [-0.3, -0.25) is 19.3 Å². The van der Waals surface area contributed by atoms with Gasteiger partial charge in [-0.15, -0.1) is 0 Å². The Hall–Kier alpha value is -4.45. The molecule has 0 saturated carbocycles. The maximum absolute atomic E-state index is 12.7. The Labute approximate surface area is 257 Å². The summed E-state index contributed by atoms with van der Waals surface area (Å²) in [6, 6.07) is 14.1. The van der Waals surface area contributed by atoms with Gasteiger partial charge in [0.25, 0.3) is 0 Å². The van der Waals surface area contributed by atoms with E-state index in [1.807, 2.05) is 48.5 Å². The molecule has 0 spiro atoms. The van der Waals surface area contributed by atoms with Crippen molar-refractivity contribution >= 4 is 29.9 Å². The van der Waals surface area contributed by atoms with E-state index in [1.54, 1.807) is 41.5 Å². The number of nitrogens with zero attached hydrogens (tertiary/aromatic N) is 1. The molecular formula is C32H41N3O9. The van der Waals surface area contributed by atoms with Gasteiger partial charge in [0.1, 0.15) is 23.9 Å². The number of benzene rings is 2. The lowest BCUT2D eigenvalue weighted by atomic mass is 9.98. The molecule has 2 aromatic rings. The Morgan fingerprint density at radius 2 is 1.27 bits per heavy atom. The van der Waals surface area contributed by atoms with Crippen LogP contribution in [0.4, 0.5) is 4.79 Å². The molecule has 1 aliphatic carbocycles. The number of carbonyl (C=O) groups is 5. The summed E-state index contributed by atoms with van der Waals surface area (Å²) in [6.45, 7) is 8.43. The van der Waals surface area contributed by atoms with Crippen LogP contribution in [0.3, 0.4) is 0 Å².